The van der Waals surface area contributed by atoms with Gasteiger partial charge in [0.25, 0.3) is 0 Å². The molecule has 6 nitrogen and oxygen atoms in total. The first-order valence-electron chi connectivity index (χ1n) is 5.74. The van der Waals surface area contributed by atoms with Crippen LogP contribution in [0.5, 0.6) is 0 Å². The van der Waals surface area contributed by atoms with Gasteiger partial charge in [0.05, 0.1) is 0 Å². The zero-order chi connectivity index (χ0) is 17.1. The Hall–Kier alpha value is -1.71. The van der Waals surface area contributed by atoms with E-state index in [2.05, 4.69) is 72.3 Å². The van der Waals surface area contributed by atoms with Crippen LogP contribution in [0.2, 0.25) is 0 Å². The predicted molar refractivity (Wildman–Crippen MR) is 105 cm³/mol. The molecule has 120 valence electrons. The van der Waals surface area contributed by atoms with Crippen LogP contribution < -0.4 is 33.2 Å². The Morgan fingerprint density at radius 2 is 0.857 bits per heavy atom. The Balaban J connectivity index is -0.000000231. The fourth-order valence-corrected chi connectivity index (χ4v) is 0.768. The molecule has 0 atom stereocenters. The van der Waals surface area contributed by atoms with E-state index in [0.29, 0.717) is 35.0 Å². The van der Waals surface area contributed by atoms with Crippen molar-refractivity contribution in [2.24, 2.45) is 17.2 Å². The lowest BCUT2D eigenvalue weighted by Gasteiger charge is -1.94. The molecule has 0 heterocycles. The van der Waals surface area contributed by atoms with Gasteiger partial charge in [0, 0.05) is 19.6 Å². The highest BCUT2D eigenvalue weighted by atomic mass is 32.1. The van der Waals surface area contributed by atoms with Crippen molar-refractivity contribution in [3.63, 3.8) is 0 Å². The van der Waals surface area contributed by atoms with E-state index < -0.39 is 0 Å². The van der Waals surface area contributed by atoms with Crippen molar-refractivity contribution in [3.05, 3.63) is 38.0 Å². The van der Waals surface area contributed by atoms with Gasteiger partial charge in [-0.15, -0.1) is 19.7 Å². The molecule has 0 aliphatic heterocycles. The molecule has 0 saturated heterocycles. The summed E-state index contributed by atoms with van der Waals surface area (Å²) in [6, 6.07) is 0. The van der Waals surface area contributed by atoms with Crippen LogP contribution in [0.25, 0.3) is 0 Å². The number of thiocarbonyl (C=S) groups is 3. The fourth-order valence-electron chi connectivity index (χ4n) is 0.518. The van der Waals surface area contributed by atoms with E-state index in [9.17, 15) is 0 Å². The highest BCUT2D eigenvalue weighted by molar-refractivity contribution is 7.80. The minimum atomic E-state index is 0.319. The van der Waals surface area contributed by atoms with E-state index in [-0.39, 0.29) is 0 Å². The minimum absolute atomic E-state index is 0.319. The molecular formula is C12H24N6S3. The third-order valence-electron chi connectivity index (χ3n) is 1.26. The van der Waals surface area contributed by atoms with Gasteiger partial charge in [-0.2, -0.15) is 0 Å². The van der Waals surface area contributed by atoms with E-state index in [1.165, 1.54) is 0 Å². The second-order valence-corrected chi connectivity index (χ2v) is 4.42. The summed E-state index contributed by atoms with van der Waals surface area (Å²) in [6.45, 7) is 12.3. The van der Waals surface area contributed by atoms with Gasteiger partial charge in [-0.1, -0.05) is 18.2 Å². The van der Waals surface area contributed by atoms with Crippen molar-refractivity contribution >= 4 is 52.0 Å². The van der Waals surface area contributed by atoms with Crippen LogP contribution in [0.15, 0.2) is 38.0 Å². The third kappa shape index (κ3) is 45.8. The molecule has 9 heteroatoms. The Bertz CT molecular complexity index is 292. The van der Waals surface area contributed by atoms with Crippen LogP contribution >= 0.6 is 36.7 Å². The lowest BCUT2D eigenvalue weighted by atomic mass is 10.6. The smallest absolute Gasteiger partial charge is 0.163 e. The van der Waals surface area contributed by atoms with E-state index in [4.69, 9.17) is 17.2 Å². The number of hydrogen-bond acceptors (Lipinski definition) is 3. The highest BCUT2D eigenvalue weighted by Crippen LogP contribution is 1.59. The molecule has 0 aromatic rings. The number of hydrogen-bond donors (Lipinski definition) is 6. The van der Waals surface area contributed by atoms with Crippen molar-refractivity contribution in [3.8, 4) is 0 Å². The molecule has 0 rings (SSSR count). The van der Waals surface area contributed by atoms with Crippen LogP contribution in [0.4, 0.5) is 0 Å². The van der Waals surface area contributed by atoms with Crippen LogP contribution in [-0.4, -0.2) is 35.0 Å². The van der Waals surface area contributed by atoms with Crippen LogP contribution in [0.3, 0.4) is 0 Å². The van der Waals surface area contributed by atoms with Gasteiger partial charge in [-0.25, -0.2) is 0 Å². The zero-order valence-corrected chi connectivity index (χ0v) is 14.4. The maximum absolute atomic E-state index is 5.05. The molecular weight excluding hydrogens is 324 g/mol. The molecule has 0 aliphatic carbocycles. The van der Waals surface area contributed by atoms with E-state index >= 15 is 0 Å². The standard InChI is InChI=1S/3C4H8N2S/c3*1-2-3-6-4(5)7/h3*2H,1,3H2,(H3,5,6,7). The normalized spacial score (nSPS) is 7.43. The molecule has 21 heavy (non-hydrogen) atoms. The topological polar surface area (TPSA) is 114 Å². The van der Waals surface area contributed by atoms with Gasteiger partial charge >= 0.3 is 0 Å². The maximum Gasteiger partial charge on any atom is 0.163 e. The van der Waals surface area contributed by atoms with Crippen LogP contribution in [0, 0.1) is 0 Å². The molecule has 0 fully saturated rings. The van der Waals surface area contributed by atoms with Gasteiger partial charge in [0.2, 0.25) is 0 Å². The average molecular weight is 349 g/mol. The first kappa shape index (κ1) is 24.3. The van der Waals surface area contributed by atoms with E-state index in [1.54, 1.807) is 18.2 Å². The summed E-state index contributed by atoms with van der Waals surface area (Å²) in [6.07, 6.45) is 5.08. The van der Waals surface area contributed by atoms with Crippen molar-refractivity contribution in [2.75, 3.05) is 19.6 Å². The SMILES string of the molecule is C=CCNC(N)=S.C=CCNC(N)=S.C=CCNC(N)=S. The van der Waals surface area contributed by atoms with Gasteiger partial charge < -0.3 is 33.2 Å². The van der Waals surface area contributed by atoms with Gasteiger partial charge in [0.1, 0.15) is 0 Å². The lowest BCUT2D eigenvalue weighted by molar-refractivity contribution is 1.05. The monoisotopic (exact) mass is 348 g/mol. The van der Waals surface area contributed by atoms with Crippen molar-refractivity contribution in [1.82, 2.24) is 16.0 Å². The highest BCUT2D eigenvalue weighted by Gasteiger charge is 1.77. The minimum Gasteiger partial charge on any atom is -0.376 e. The largest absolute Gasteiger partial charge is 0.376 e. The molecule has 0 aromatic carbocycles. The number of nitrogens with two attached hydrogens (primary N) is 3. The number of nitrogens with one attached hydrogen (secondary N) is 3. The summed E-state index contributed by atoms with van der Waals surface area (Å²) in [4.78, 5) is 0. The van der Waals surface area contributed by atoms with Gasteiger partial charge in [0.15, 0.2) is 15.3 Å². The summed E-state index contributed by atoms with van der Waals surface area (Å²) in [7, 11) is 0. The molecule has 0 saturated carbocycles. The van der Waals surface area contributed by atoms with Gasteiger partial charge in [-0.3, -0.25) is 0 Å². The summed E-state index contributed by atoms with van der Waals surface area (Å²) >= 11 is 13.4. The molecule has 0 spiro atoms. The molecule has 0 aliphatic rings. The lowest BCUT2D eigenvalue weighted by Crippen LogP contribution is -2.28. The summed E-state index contributed by atoms with van der Waals surface area (Å²) in [5.74, 6) is 0. The quantitative estimate of drug-likeness (QED) is 0.292. The Morgan fingerprint density at radius 3 is 0.905 bits per heavy atom. The third-order valence-corrected chi connectivity index (χ3v) is 1.69. The summed E-state index contributed by atoms with van der Waals surface area (Å²) < 4.78 is 0. The summed E-state index contributed by atoms with van der Waals surface area (Å²) in [5, 5.41) is 9.02. The average Bonchev–Trinajstić information content (AvgIpc) is 2.41. The predicted octanol–water partition coefficient (Wildman–Crippen LogP) is 0.0168. The molecule has 0 bridgehead atoms. The first-order valence-corrected chi connectivity index (χ1v) is 6.96. The van der Waals surface area contributed by atoms with E-state index in [0.717, 1.165) is 0 Å². The van der Waals surface area contributed by atoms with Crippen LogP contribution in [0.1, 0.15) is 0 Å². The Kier molecular flexibility index (Phi) is 23.9. The second-order valence-electron chi connectivity index (χ2n) is 3.10. The van der Waals surface area contributed by atoms with Gasteiger partial charge in [-0.05, 0) is 36.7 Å². The van der Waals surface area contributed by atoms with Crippen LogP contribution in [-0.2, 0) is 0 Å². The van der Waals surface area contributed by atoms with E-state index in [1.807, 2.05) is 0 Å². The second kappa shape index (κ2) is 20.6. The van der Waals surface area contributed by atoms with Crippen molar-refractivity contribution in [1.29, 1.82) is 0 Å². The fraction of sp³-hybridized carbons (Fsp3) is 0.250. The molecule has 9 N–H and O–H groups in total. The first-order chi connectivity index (χ1) is 9.81. The Morgan fingerprint density at radius 1 is 0.667 bits per heavy atom. The molecule has 0 unspecified atom stereocenters. The maximum atomic E-state index is 5.05. The summed E-state index contributed by atoms with van der Waals surface area (Å²) in [5.41, 5.74) is 15.2. The van der Waals surface area contributed by atoms with Crippen molar-refractivity contribution < 1.29 is 0 Å². The molecule has 0 aromatic heterocycles. The number of rotatable bonds is 6. The van der Waals surface area contributed by atoms with Crippen molar-refractivity contribution in [2.45, 2.75) is 0 Å². The molecule has 0 radical (unpaired) electrons. The Labute approximate surface area is 142 Å². The zero-order valence-electron chi connectivity index (χ0n) is 11.9. The molecule has 0 amide bonds.